The summed E-state index contributed by atoms with van der Waals surface area (Å²) in [6.45, 7) is 2.20. The van der Waals surface area contributed by atoms with Crippen molar-refractivity contribution in [2.45, 2.75) is 108 Å². The van der Waals surface area contributed by atoms with Gasteiger partial charge in [0.15, 0.2) is 11.6 Å². The van der Waals surface area contributed by atoms with Crippen molar-refractivity contribution in [1.29, 1.82) is 0 Å². The average molecular weight is 687 g/mol. The molecular formula is C37H39F9O2. The lowest BCUT2D eigenvalue weighted by Crippen LogP contribution is -2.37. The number of halogens is 9. The number of unbranched alkanes of at least 4 members (excludes halogenated alkanes) is 2. The van der Waals surface area contributed by atoms with Crippen LogP contribution in [-0.2, 0) is 0 Å². The summed E-state index contributed by atoms with van der Waals surface area (Å²) in [5.41, 5.74) is 1.93. The lowest BCUT2D eigenvalue weighted by atomic mass is 9.76. The van der Waals surface area contributed by atoms with Crippen molar-refractivity contribution >= 4 is 0 Å². The van der Waals surface area contributed by atoms with Gasteiger partial charge in [-0.05, 0) is 97.9 Å². The van der Waals surface area contributed by atoms with Gasteiger partial charge < -0.3 is 9.47 Å². The number of alkyl halides is 5. The fraction of sp³-hybridized carbons (Fsp3) is 0.514. The molecule has 0 radical (unpaired) electrons. The van der Waals surface area contributed by atoms with E-state index in [1.54, 1.807) is 24.3 Å². The first-order chi connectivity index (χ1) is 22.7. The van der Waals surface area contributed by atoms with E-state index in [-0.39, 0.29) is 43.4 Å². The third-order valence-electron chi connectivity index (χ3n) is 9.92. The molecule has 2 saturated carbocycles. The molecule has 262 valence electrons. The van der Waals surface area contributed by atoms with Crippen molar-refractivity contribution in [3.63, 3.8) is 0 Å². The molecule has 0 saturated heterocycles. The van der Waals surface area contributed by atoms with Crippen LogP contribution in [0.4, 0.5) is 39.5 Å². The molecule has 11 heteroatoms. The summed E-state index contributed by atoms with van der Waals surface area (Å²) in [7, 11) is 0. The highest BCUT2D eigenvalue weighted by atomic mass is 19.4. The van der Waals surface area contributed by atoms with E-state index in [4.69, 9.17) is 0 Å². The van der Waals surface area contributed by atoms with Crippen LogP contribution < -0.4 is 9.47 Å². The molecule has 0 spiro atoms. The van der Waals surface area contributed by atoms with E-state index in [1.807, 2.05) is 6.07 Å². The smallest absolute Gasteiger partial charge is 0.432 e. The quantitative estimate of drug-likeness (QED) is 0.148. The Morgan fingerprint density at radius 1 is 0.646 bits per heavy atom. The summed E-state index contributed by atoms with van der Waals surface area (Å²) in [5.74, 6) is -8.23. The predicted octanol–water partition coefficient (Wildman–Crippen LogP) is 12.6. The SMILES string of the molecule is CCCCCC1CCC(c2ccc(-c3ccc(C4CCC(C(F)(F)Oc5cc(F)c(OC(F)(F)F)c(F)c5)CC4)c(F)c3)c(F)c2)CC1. The van der Waals surface area contributed by atoms with Crippen molar-refractivity contribution < 1.29 is 49.0 Å². The van der Waals surface area contributed by atoms with Gasteiger partial charge in [0.05, 0.1) is 5.92 Å². The number of ether oxygens (including phenoxy) is 2. The van der Waals surface area contributed by atoms with E-state index in [9.17, 15) is 30.7 Å². The summed E-state index contributed by atoms with van der Waals surface area (Å²) in [6.07, 6.45) is 0.133. The highest BCUT2D eigenvalue weighted by Gasteiger charge is 2.45. The maximum Gasteiger partial charge on any atom is 0.573 e. The minimum atomic E-state index is -5.39. The molecule has 0 atom stereocenters. The molecule has 0 bridgehead atoms. The Bertz CT molecular complexity index is 1520. The van der Waals surface area contributed by atoms with E-state index < -0.39 is 59.1 Å². The van der Waals surface area contributed by atoms with E-state index in [0.717, 1.165) is 37.2 Å². The van der Waals surface area contributed by atoms with Crippen molar-refractivity contribution in [2.24, 2.45) is 11.8 Å². The van der Waals surface area contributed by atoms with E-state index >= 15 is 8.78 Å². The molecule has 0 amide bonds. The molecule has 0 unspecified atom stereocenters. The van der Waals surface area contributed by atoms with Crippen LogP contribution in [0.2, 0.25) is 0 Å². The van der Waals surface area contributed by atoms with Gasteiger partial charge >= 0.3 is 12.5 Å². The second kappa shape index (κ2) is 15.0. The van der Waals surface area contributed by atoms with Crippen LogP contribution in [-0.4, -0.2) is 12.5 Å². The van der Waals surface area contributed by atoms with Gasteiger partial charge in [0.25, 0.3) is 0 Å². The Morgan fingerprint density at radius 3 is 1.88 bits per heavy atom. The third kappa shape index (κ3) is 8.80. The van der Waals surface area contributed by atoms with Crippen LogP contribution in [0.25, 0.3) is 11.1 Å². The molecular weight excluding hydrogens is 647 g/mol. The molecule has 3 aromatic rings. The van der Waals surface area contributed by atoms with Crippen LogP contribution >= 0.6 is 0 Å². The summed E-state index contributed by atoms with van der Waals surface area (Å²) in [4.78, 5) is 0. The molecule has 2 aliphatic carbocycles. The Balaban J connectivity index is 1.18. The lowest BCUT2D eigenvalue weighted by Gasteiger charge is -2.33. The molecule has 2 fully saturated rings. The van der Waals surface area contributed by atoms with Gasteiger partial charge in [-0.1, -0.05) is 56.9 Å². The Morgan fingerprint density at radius 2 is 1.29 bits per heavy atom. The zero-order chi connectivity index (χ0) is 34.6. The fourth-order valence-electron chi connectivity index (χ4n) is 7.30. The van der Waals surface area contributed by atoms with Crippen LogP contribution in [0.5, 0.6) is 11.5 Å². The third-order valence-corrected chi connectivity index (χ3v) is 9.92. The van der Waals surface area contributed by atoms with Crippen LogP contribution in [0.3, 0.4) is 0 Å². The maximum absolute atomic E-state index is 15.4. The van der Waals surface area contributed by atoms with Gasteiger partial charge in [-0.25, -0.2) is 17.6 Å². The molecule has 2 nitrogen and oxygen atoms in total. The van der Waals surface area contributed by atoms with Crippen molar-refractivity contribution in [3.8, 4) is 22.6 Å². The Labute approximate surface area is 274 Å². The zero-order valence-corrected chi connectivity index (χ0v) is 26.6. The predicted molar refractivity (Wildman–Crippen MR) is 164 cm³/mol. The number of hydrogen-bond acceptors (Lipinski definition) is 2. The van der Waals surface area contributed by atoms with Crippen LogP contribution in [0, 0.1) is 35.1 Å². The van der Waals surface area contributed by atoms with Crippen molar-refractivity contribution in [1.82, 2.24) is 0 Å². The van der Waals surface area contributed by atoms with Gasteiger partial charge in [-0.15, -0.1) is 13.2 Å². The molecule has 0 N–H and O–H groups in total. The first-order valence-corrected chi connectivity index (χ1v) is 16.6. The minimum Gasteiger partial charge on any atom is -0.432 e. The van der Waals surface area contributed by atoms with E-state index in [2.05, 4.69) is 16.4 Å². The molecule has 0 aromatic heterocycles. The summed E-state index contributed by atoms with van der Waals surface area (Å²) in [5, 5.41) is 0. The summed E-state index contributed by atoms with van der Waals surface area (Å²) in [6, 6.07) is 9.98. The number of rotatable bonds is 11. The number of benzene rings is 3. The molecule has 5 rings (SSSR count). The van der Waals surface area contributed by atoms with E-state index in [0.29, 0.717) is 17.0 Å². The molecule has 2 aliphatic rings. The number of hydrogen-bond donors (Lipinski definition) is 0. The van der Waals surface area contributed by atoms with Gasteiger partial charge in [0.1, 0.15) is 17.4 Å². The monoisotopic (exact) mass is 686 g/mol. The standard InChI is InChI=1S/C37H39F9O2/c1-2-3-4-5-22-6-8-23(9-7-22)25-12-16-30(31(38)18-25)26-13-17-29(32(39)19-26)24-10-14-27(15-11-24)36(42,43)47-28-20-33(40)35(34(41)21-28)48-37(44,45)46/h12-13,16-24,27H,2-11,14-15H2,1H3. The zero-order valence-electron chi connectivity index (χ0n) is 26.6. The minimum absolute atomic E-state index is 0.115. The second-order valence-electron chi connectivity index (χ2n) is 13.2. The molecule has 0 aliphatic heterocycles. The highest BCUT2D eigenvalue weighted by molar-refractivity contribution is 5.65. The van der Waals surface area contributed by atoms with Crippen LogP contribution in [0.1, 0.15) is 107 Å². The first kappa shape index (κ1) is 35.9. The van der Waals surface area contributed by atoms with Crippen molar-refractivity contribution in [3.05, 3.63) is 82.9 Å². The normalized spacial score (nSPS) is 22.0. The molecule has 3 aromatic carbocycles. The molecule has 0 heterocycles. The highest BCUT2D eigenvalue weighted by Crippen LogP contribution is 2.45. The largest absolute Gasteiger partial charge is 0.573 e. The molecule has 48 heavy (non-hydrogen) atoms. The maximum atomic E-state index is 15.4. The Hall–Kier alpha value is -3.37. The second-order valence-corrected chi connectivity index (χ2v) is 13.2. The first-order valence-electron chi connectivity index (χ1n) is 16.6. The van der Waals surface area contributed by atoms with Gasteiger partial charge in [-0.3, -0.25) is 0 Å². The van der Waals surface area contributed by atoms with Gasteiger partial charge in [-0.2, -0.15) is 8.78 Å². The topological polar surface area (TPSA) is 18.5 Å². The van der Waals surface area contributed by atoms with Crippen LogP contribution in [0.15, 0.2) is 48.5 Å². The average Bonchev–Trinajstić information content (AvgIpc) is 3.03. The lowest BCUT2D eigenvalue weighted by molar-refractivity contribution is -0.276. The summed E-state index contributed by atoms with van der Waals surface area (Å²) >= 11 is 0. The van der Waals surface area contributed by atoms with E-state index in [1.165, 1.54) is 31.7 Å². The van der Waals surface area contributed by atoms with Gasteiger partial charge in [0.2, 0.25) is 5.75 Å². The fourth-order valence-corrected chi connectivity index (χ4v) is 7.30. The van der Waals surface area contributed by atoms with Gasteiger partial charge in [0, 0.05) is 17.7 Å². The Kier molecular flexibility index (Phi) is 11.2. The summed E-state index contributed by atoms with van der Waals surface area (Å²) < 4.78 is 133. The van der Waals surface area contributed by atoms with Crippen molar-refractivity contribution in [2.75, 3.05) is 0 Å².